The predicted molar refractivity (Wildman–Crippen MR) is 96.9 cm³/mol. The fraction of sp³-hybridized carbons (Fsp3) is 0.118. The minimum atomic E-state index is -4.16. The van der Waals surface area contributed by atoms with Crippen LogP contribution in [0.25, 0.3) is 5.69 Å². The van der Waals surface area contributed by atoms with Crippen molar-refractivity contribution < 1.29 is 13.3 Å². The molecular weight excluding hydrogens is 356 g/mol. The third-order valence-electron chi connectivity index (χ3n) is 3.74. The summed E-state index contributed by atoms with van der Waals surface area (Å²) < 4.78 is 29.6. The Morgan fingerprint density at radius 2 is 1.73 bits per heavy atom. The van der Waals surface area contributed by atoms with E-state index in [0.29, 0.717) is 5.69 Å². The van der Waals surface area contributed by atoms with Crippen molar-refractivity contribution in [3.63, 3.8) is 0 Å². The standard InChI is InChI=1S/C17H16N4O4S/c1-12-11-13(2)20(18-12)15-8-4-3-7-14(15)19-26(24,25)17-10-6-5-9-16(17)21(22)23/h3-11,19H,1-2H3. The average molecular weight is 372 g/mol. The Balaban J connectivity index is 2.08. The number of aromatic nitrogens is 2. The largest absolute Gasteiger partial charge is 0.289 e. The van der Waals surface area contributed by atoms with Crippen LogP contribution in [0.5, 0.6) is 0 Å². The van der Waals surface area contributed by atoms with Crippen molar-refractivity contribution in [2.24, 2.45) is 0 Å². The molecule has 0 bridgehead atoms. The monoisotopic (exact) mass is 372 g/mol. The number of nitro benzene ring substituents is 1. The van der Waals surface area contributed by atoms with Gasteiger partial charge in [0.25, 0.3) is 15.7 Å². The summed E-state index contributed by atoms with van der Waals surface area (Å²) in [5.74, 6) is 0. The molecule has 0 aliphatic heterocycles. The zero-order chi connectivity index (χ0) is 18.9. The molecule has 0 radical (unpaired) electrons. The van der Waals surface area contributed by atoms with E-state index < -0.39 is 25.5 Å². The van der Waals surface area contributed by atoms with Gasteiger partial charge in [0.1, 0.15) is 0 Å². The molecule has 9 heteroatoms. The van der Waals surface area contributed by atoms with Crippen molar-refractivity contribution in [1.82, 2.24) is 9.78 Å². The van der Waals surface area contributed by atoms with E-state index in [1.165, 1.54) is 18.2 Å². The van der Waals surface area contributed by atoms with Crippen molar-refractivity contribution >= 4 is 21.4 Å². The van der Waals surface area contributed by atoms with Crippen LogP contribution in [-0.4, -0.2) is 23.1 Å². The van der Waals surface area contributed by atoms with Gasteiger partial charge in [-0.1, -0.05) is 24.3 Å². The second-order valence-electron chi connectivity index (χ2n) is 5.69. The summed E-state index contributed by atoms with van der Waals surface area (Å²) in [5, 5.41) is 15.5. The van der Waals surface area contributed by atoms with Crippen molar-refractivity contribution in [2.75, 3.05) is 4.72 Å². The lowest BCUT2D eigenvalue weighted by Gasteiger charge is -2.13. The highest BCUT2D eigenvalue weighted by Gasteiger charge is 2.26. The van der Waals surface area contributed by atoms with Gasteiger partial charge >= 0.3 is 0 Å². The Morgan fingerprint density at radius 1 is 1.08 bits per heavy atom. The molecule has 3 aromatic rings. The number of nitro groups is 1. The topological polar surface area (TPSA) is 107 Å². The van der Waals surface area contributed by atoms with Gasteiger partial charge in [0.2, 0.25) is 0 Å². The average Bonchev–Trinajstić information content (AvgIpc) is 2.93. The minimum Gasteiger partial charge on any atom is -0.277 e. The molecule has 0 aliphatic rings. The number of nitrogens with zero attached hydrogens (tertiary/aromatic N) is 3. The maximum atomic E-state index is 12.8. The highest BCUT2D eigenvalue weighted by atomic mass is 32.2. The zero-order valence-electron chi connectivity index (χ0n) is 14.1. The van der Waals surface area contributed by atoms with E-state index in [1.807, 2.05) is 19.9 Å². The second kappa shape index (κ2) is 6.60. The lowest BCUT2D eigenvalue weighted by atomic mass is 10.2. The second-order valence-corrected chi connectivity index (χ2v) is 7.34. The molecule has 0 unspecified atom stereocenters. The molecule has 0 aliphatic carbocycles. The molecule has 2 aromatic carbocycles. The van der Waals surface area contributed by atoms with Crippen LogP contribution in [0.1, 0.15) is 11.4 Å². The first-order valence-corrected chi connectivity index (χ1v) is 9.17. The van der Waals surface area contributed by atoms with Crippen molar-refractivity contribution in [3.8, 4) is 5.69 Å². The molecule has 0 saturated heterocycles. The first kappa shape index (κ1) is 17.6. The van der Waals surface area contributed by atoms with E-state index in [-0.39, 0.29) is 5.69 Å². The van der Waals surface area contributed by atoms with Crippen LogP contribution < -0.4 is 4.72 Å². The molecule has 3 rings (SSSR count). The third-order valence-corrected chi connectivity index (χ3v) is 5.15. The summed E-state index contributed by atoms with van der Waals surface area (Å²) in [5.41, 5.74) is 1.94. The molecule has 0 amide bonds. The molecule has 8 nitrogen and oxygen atoms in total. The van der Waals surface area contributed by atoms with Gasteiger partial charge in [-0.25, -0.2) is 13.1 Å². The molecule has 1 aromatic heterocycles. The van der Waals surface area contributed by atoms with E-state index in [9.17, 15) is 18.5 Å². The van der Waals surface area contributed by atoms with E-state index in [4.69, 9.17) is 0 Å². The molecule has 0 spiro atoms. The van der Waals surface area contributed by atoms with Gasteiger partial charge in [-0.2, -0.15) is 5.10 Å². The summed E-state index contributed by atoms with van der Waals surface area (Å²) in [6.07, 6.45) is 0. The SMILES string of the molecule is Cc1cc(C)n(-c2ccccc2NS(=O)(=O)c2ccccc2[N+](=O)[O-])n1. The molecule has 0 saturated carbocycles. The maximum Gasteiger partial charge on any atom is 0.289 e. The van der Waals surface area contributed by atoms with Gasteiger partial charge < -0.3 is 0 Å². The van der Waals surface area contributed by atoms with E-state index in [1.54, 1.807) is 28.9 Å². The number of nitrogens with one attached hydrogen (secondary N) is 1. The minimum absolute atomic E-state index is 0.275. The lowest BCUT2D eigenvalue weighted by Crippen LogP contribution is -2.16. The Hall–Kier alpha value is -3.20. The molecule has 26 heavy (non-hydrogen) atoms. The van der Waals surface area contributed by atoms with Crippen molar-refractivity contribution in [3.05, 3.63) is 76.1 Å². The summed E-state index contributed by atoms with van der Waals surface area (Å²) >= 11 is 0. The van der Waals surface area contributed by atoms with Gasteiger partial charge in [-0.3, -0.25) is 14.8 Å². The van der Waals surface area contributed by atoms with Gasteiger partial charge in [0, 0.05) is 11.8 Å². The molecule has 1 heterocycles. The van der Waals surface area contributed by atoms with Gasteiger partial charge in [0.05, 0.1) is 22.0 Å². The number of aryl methyl sites for hydroxylation is 2. The Labute approximate surface area is 150 Å². The van der Waals surface area contributed by atoms with Crippen LogP contribution >= 0.6 is 0 Å². The van der Waals surface area contributed by atoms with Crippen LogP contribution in [0.2, 0.25) is 0 Å². The van der Waals surface area contributed by atoms with Crippen LogP contribution in [0.15, 0.2) is 59.5 Å². The Kier molecular flexibility index (Phi) is 4.47. The lowest BCUT2D eigenvalue weighted by molar-refractivity contribution is -0.387. The normalized spacial score (nSPS) is 11.3. The quantitative estimate of drug-likeness (QED) is 0.547. The number of benzene rings is 2. The molecule has 1 N–H and O–H groups in total. The maximum absolute atomic E-state index is 12.8. The predicted octanol–water partition coefficient (Wildman–Crippen LogP) is 3.20. The number of hydrogen-bond acceptors (Lipinski definition) is 5. The number of sulfonamides is 1. The van der Waals surface area contributed by atoms with Crippen molar-refractivity contribution in [2.45, 2.75) is 18.7 Å². The first-order valence-electron chi connectivity index (χ1n) is 7.68. The summed E-state index contributed by atoms with van der Waals surface area (Å²) in [4.78, 5) is 10.0. The van der Waals surface area contributed by atoms with Crippen LogP contribution in [0, 0.1) is 24.0 Å². The number of anilines is 1. The highest BCUT2D eigenvalue weighted by Crippen LogP contribution is 2.28. The van der Waals surface area contributed by atoms with Crippen molar-refractivity contribution in [1.29, 1.82) is 0 Å². The van der Waals surface area contributed by atoms with Gasteiger partial charge in [-0.05, 0) is 38.1 Å². The fourth-order valence-electron chi connectivity index (χ4n) is 2.65. The zero-order valence-corrected chi connectivity index (χ0v) is 14.9. The highest BCUT2D eigenvalue weighted by molar-refractivity contribution is 7.92. The van der Waals surface area contributed by atoms with E-state index >= 15 is 0 Å². The summed E-state index contributed by atoms with van der Waals surface area (Å²) in [7, 11) is -4.16. The van der Waals surface area contributed by atoms with Crippen LogP contribution in [-0.2, 0) is 10.0 Å². The van der Waals surface area contributed by atoms with Gasteiger partial charge in [0.15, 0.2) is 4.90 Å². The molecule has 0 fully saturated rings. The first-order chi connectivity index (χ1) is 12.3. The number of rotatable bonds is 5. The van der Waals surface area contributed by atoms with Gasteiger partial charge in [-0.15, -0.1) is 0 Å². The third kappa shape index (κ3) is 3.29. The molecular formula is C17H16N4O4S. The summed E-state index contributed by atoms with van der Waals surface area (Å²) in [6.45, 7) is 3.69. The Bertz CT molecular complexity index is 1090. The number of para-hydroxylation sites is 3. The fourth-order valence-corrected chi connectivity index (χ4v) is 3.90. The van der Waals surface area contributed by atoms with E-state index in [0.717, 1.165) is 17.5 Å². The summed E-state index contributed by atoms with van der Waals surface area (Å²) in [6, 6.07) is 13.8. The molecule has 0 atom stereocenters. The van der Waals surface area contributed by atoms with Crippen LogP contribution in [0.3, 0.4) is 0 Å². The smallest absolute Gasteiger partial charge is 0.277 e. The van der Waals surface area contributed by atoms with Crippen LogP contribution in [0.4, 0.5) is 11.4 Å². The van der Waals surface area contributed by atoms with E-state index in [2.05, 4.69) is 9.82 Å². The number of hydrogen-bond donors (Lipinski definition) is 1. The Morgan fingerprint density at radius 3 is 2.38 bits per heavy atom. The molecule has 134 valence electrons.